The molecular formula is C26H27N3O5S. The van der Waals surface area contributed by atoms with Crippen LogP contribution in [0.15, 0.2) is 48.5 Å². The van der Waals surface area contributed by atoms with Crippen LogP contribution in [0, 0.1) is 6.92 Å². The summed E-state index contributed by atoms with van der Waals surface area (Å²) in [4.78, 5) is 40.7. The molecular weight excluding hydrogens is 466 g/mol. The summed E-state index contributed by atoms with van der Waals surface area (Å²) in [6, 6.07) is 15.8. The van der Waals surface area contributed by atoms with E-state index in [1.807, 2.05) is 31.2 Å². The van der Waals surface area contributed by atoms with Crippen molar-refractivity contribution in [3.8, 4) is 11.1 Å². The summed E-state index contributed by atoms with van der Waals surface area (Å²) in [7, 11) is 0. The number of nitrogens with zero attached hydrogens (tertiary/aromatic N) is 1. The zero-order valence-electron chi connectivity index (χ0n) is 19.5. The molecule has 4 rings (SSSR count). The number of alkyl carbamates (subject to hydrolysis) is 1. The molecule has 2 aromatic carbocycles. The molecule has 9 heteroatoms. The minimum Gasteiger partial charge on any atom is -0.481 e. The zero-order chi connectivity index (χ0) is 24.9. The van der Waals surface area contributed by atoms with Gasteiger partial charge in [0.05, 0.1) is 18.7 Å². The van der Waals surface area contributed by atoms with E-state index in [-0.39, 0.29) is 31.4 Å². The van der Waals surface area contributed by atoms with Gasteiger partial charge in [0, 0.05) is 12.0 Å². The fraction of sp³-hybridized carbons (Fsp3) is 0.308. The summed E-state index contributed by atoms with van der Waals surface area (Å²) in [6.07, 6.45) is -0.194. The van der Waals surface area contributed by atoms with E-state index in [0.717, 1.165) is 33.6 Å². The Bertz CT molecular complexity index is 1210. The second-order valence-electron chi connectivity index (χ2n) is 8.38. The molecule has 1 aliphatic rings. The molecule has 0 unspecified atom stereocenters. The molecule has 8 nitrogen and oxygen atoms in total. The van der Waals surface area contributed by atoms with Gasteiger partial charge in [-0.2, -0.15) is 0 Å². The molecule has 1 heterocycles. The van der Waals surface area contributed by atoms with Crippen molar-refractivity contribution in [2.45, 2.75) is 45.2 Å². The van der Waals surface area contributed by atoms with Crippen LogP contribution >= 0.6 is 11.3 Å². The zero-order valence-corrected chi connectivity index (χ0v) is 20.4. The minimum atomic E-state index is -0.967. The first-order valence-corrected chi connectivity index (χ1v) is 12.3. The fourth-order valence-corrected chi connectivity index (χ4v) is 5.20. The monoisotopic (exact) mass is 493 g/mol. The molecule has 1 aliphatic carbocycles. The average molecular weight is 494 g/mol. The van der Waals surface area contributed by atoms with E-state index in [2.05, 4.69) is 39.9 Å². The van der Waals surface area contributed by atoms with Crippen LogP contribution in [0.25, 0.3) is 11.1 Å². The highest BCUT2D eigenvalue weighted by Crippen LogP contribution is 2.44. The van der Waals surface area contributed by atoms with Gasteiger partial charge in [0.2, 0.25) is 0 Å². The Morgan fingerprint density at radius 3 is 2.31 bits per heavy atom. The smallest absolute Gasteiger partial charge is 0.407 e. The molecule has 0 radical (unpaired) electrons. The lowest BCUT2D eigenvalue weighted by Crippen LogP contribution is -2.35. The van der Waals surface area contributed by atoms with Crippen LogP contribution in [0.3, 0.4) is 0 Å². The van der Waals surface area contributed by atoms with Crippen LogP contribution in [-0.4, -0.2) is 40.7 Å². The summed E-state index contributed by atoms with van der Waals surface area (Å²) in [5.74, 6) is -1.35. The van der Waals surface area contributed by atoms with E-state index < -0.39 is 18.1 Å². The van der Waals surface area contributed by atoms with Crippen molar-refractivity contribution in [2.24, 2.45) is 0 Å². The Labute approximate surface area is 207 Å². The van der Waals surface area contributed by atoms with Gasteiger partial charge in [-0.1, -0.05) is 55.5 Å². The van der Waals surface area contributed by atoms with Gasteiger partial charge in [-0.05, 0) is 35.6 Å². The van der Waals surface area contributed by atoms with Gasteiger partial charge in [0.1, 0.15) is 16.5 Å². The SMILES string of the molecule is CC[C@H](CC(=O)O)NC(=O)c1sc(CNC(=O)OCC2c3ccccc3-c3ccccc32)nc1C. The number of thiazole rings is 1. The molecule has 0 saturated heterocycles. The molecule has 3 N–H and O–H groups in total. The normalized spacial score (nSPS) is 13.0. The Morgan fingerprint density at radius 1 is 1.09 bits per heavy atom. The first-order valence-electron chi connectivity index (χ1n) is 11.4. The highest BCUT2D eigenvalue weighted by atomic mass is 32.1. The number of aromatic nitrogens is 1. The standard InChI is InChI=1S/C26H27N3O5S/c1-3-16(12-23(30)31)29-25(32)24-15(2)28-22(35-24)13-27-26(33)34-14-21-19-10-6-4-8-17(19)18-9-5-7-11-20(18)21/h4-11,16,21H,3,12-14H2,1-2H3,(H,27,33)(H,29,32)(H,30,31)/t16-/m1/s1. The summed E-state index contributed by atoms with van der Waals surface area (Å²) in [6.45, 7) is 3.87. The second-order valence-corrected chi connectivity index (χ2v) is 9.46. The van der Waals surface area contributed by atoms with Gasteiger partial charge in [-0.15, -0.1) is 11.3 Å². The molecule has 182 valence electrons. The maximum Gasteiger partial charge on any atom is 0.407 e. The van der Waals surface area contributed by atoms with Gasteiger partial charge in [0.25, 0.3) is 5.91 Å². The number of carboxylic acid groups (broad SMARTS) is 1. The minimum absolute atomic E-state index is 0.0251. The first-order chi connectivity index (χ1) is 16.9. The van der Waals surface area contributed by atoms with E-state index in [1.165, 1.54) is 0 Å². The Morgan fingerprint density at radius 2 is 1.71 bits per heavy atom. The molecule has 1 atom stereocenters. The number of ether oxygens (including phenoxy) is 1. The van der Waals surface area contributed by atoms with Crippen molar-refractivity contribution in [3.63, 3.8) is 0 Å². The second kappa shape index (κ2) is 10.7. The number of aliphatic carboxylic acids is 1. The van der Waals surface area contributed by atoms with Crippen LogP contribution in [0.1, 0.15) is 57.2 Å². The maximum absolute atomic E-state index is 12.6. The molecule has 0 saturated carbocycles. The van der Waals surface area contributed by atoms with Gasteiger partial charge in [-0.25, -0.2) is 9.78 Å². The molecule has 35 heavy (non-hydrogen) atoms. The van der Waals surface area contributed by atoms with Gasteiger partial charge in [0.15, 0.2) is 0 Å². The van der Waals surface area contributed by atoms with Crippen LogP contribution in [-0.2, 0) is 16.1 Å². The molecule has 0 aliphatic heterocycles. The Hall–Kier alpha value is -3.72. The molecule has 0 bridgehead atoms. The van der Waals surface area contributed by atoms with Crippen molar-refractivity contribution in [1.29, 1.82) is 0 Å². The number of fused-ring (bicyclic) bond motifs is 3. The fourth-order valence-electron chi connectivity index (χ4n) is 4.29. The average Bonchev–Trinajstić information content (AvgIpc) is 3.38. The predicted octanol–water partition coefficient (Wildman–Crippen LogP) is 4.47. The lowest BCUT2D eigenvalue weighted by molar-refractivity contribution is -0.137. The van der Waals surface area contributed by atoms with Crippen LogP contribution < -0.4 is 10.6 Å². The topological polar surface area (TPSA) is 118 Å². The molecule has 1 aromatic heterocycles. The number of carbonyl (C=O) groups excluding carboxylic acids is 2. The van der Waals surface area contributed by atoms with Crippen LogP contribution in [0.2, 0.25) is 0 Å². The van der Waals surface area contributed by atoms with Crippen molar-refractivity contribution in [1.82, 2.24) is 15.6 Å². The van der Waals surface area contributed by atoms with E-state index in [9.17, 15) is 14.4 Å². The number of carboxylic acids is 1. The Kier molecular flexibility index (Phi) is 7.45. The van der Waals surface area contributed by atoms with E-state index in [4.69, 9.17) is 9.84 Å². The molecule has 0 fully saturated rings. The molecule has 3 aromatic rings. The number of rotatable bonds is 9. The number of hydrogen-bond acceptors (Lipinski definition) is 6. The van der Waals surface area contributed by atoms with Crippen molar-refractivity contribution in [2.75, 3.05) is 6.61 Å². The van der Waals surface area contributed by atoms with E-state index in [1.54, 1.807) is 6.92 Å². The molecule has 0 spiro atoms. The highest BCUT2D eigenvalue weighted by molar-refractivity contribution is 7.13. The molecule has 2 amide bonds. The van der Waals surface area contributed by atoms with Gasteiger partial charge in [-0.3, -0.25) is 9.59 Å². The number of hydrogen-bond donors (Lipinski definition) is 3. The van der Waals surface area contributed by atoms with Crippen molar-refractivity contribution < 1.29 is 24.2 Å². The third kappa shape index (κ3) is 5.51. The summed E-state index contributed by atoms with van der Waals surface area (Å²) in [5, 5.41) is 15.0. The van der Waals surface area contributed by atoms with Crippen LogP contribution in [0.5, 0.6) is 0 Å². The third-order valence-electron chi connectivity index (χ3n) is 6.02. The van der Waals surface area contributed by atoms with Gasteiger partial charge < -0.3 is 20.5 Å². The van der Waals surface area contributed by atoms with E-state index >= 15 is 0 Å². The summed E-state index contributed by atoms with van der Waals surface area (Å²) in [5.41, 5.74) is 5.13. The van der Waals surface area contributed by atoms with Gasteiger partial charge >= 0.3 is 12.1 Å². The van der Waals surface area contributed by atoms with E-state index in [0.29, 0.717) is 22.0 Å². The lowest BCUT2D eigenvalue weighted by Gasteiger charge is -2.14. The number of amides is 2. The highest BCUT2D eigenvalue weighted by Gasteiger charge is 2.29. The number of aryl methyl sites for hydroxylation is 1. The number of nitrogens with one attached hydrogen (secondary N) is 2. The van der Waals surface area contributed by atoms with Crippen molar-refractivity contribution in [3.05, 3.63) is 75.2 Å². The lowest BCUT2D eigenvalue weighted by atomic mass is 9.98. The summed E-state index contributed by atoms with van der Waals surface area (Å²) >= 11 is 1.16. The summed E-state index contributed by atoms with van der Waals surface area (Å²) < 4.78 is 5.54. The third-order valence-corrected chi connectivity index (χ3v) is 7.18. The number of carbonyl (C=O) groups is 3. The quantitative estimate of drug-likeness (QED) is 0.405. The van der Waals surface area contributed by atoms with Crippen molar-refractivity contribution >= 4 is 29.3 Å². The predicted molar refractivity (Wildman–Crippen MR) is 133 cm³/mol. The first kappa shape index (κ1) is 24.4. The number of benzene rings is 2. The largest absolute Gasteiger partial charge is 0.481 e. The Balaban J connectivity index is 1.33. The van der Waals surface area contributed by atoms with Crippen LogP contribution in [0.4, 0.5) is 4.79 Å². The maximum atomic E-state index is 12.6.